The van der Waals surface area contributed by atoms with Crippen LogP contribution in [0.1, 0.15) is 31.1 Å². The average Bonchev–Trinajstić information content (AvgIpc) is 2.39. The summed E-state index contributed by atoms with van der Waals surface area (Å²) in [5.41, 5.74) is 1.42. The molecule has 5 heteroatoms. The second-order valence-corrected chi connectivity index (χ2v) is 4.78. The zero-order chi connectivity index (χ0) is 14.3. The largest absolute Gasteiger partial charge is 0.385 e. The van der Waals surface area contributed by atoms with Crippen LogP contribution in [0.15, 0.2) is 18.5 Å². The van der Waals surface area contributed by atoms with E-state index in [4.69, 9.17) is 0 Å². The van der Waals surface area contributed by atoms with Crippen molar-refractivity contribution in [1.29, 1.82) is 0 Å². The molecule has 19 heavy (non-hydrogen) atoms. The zero-order valence-corrected chi connectivity index (χ0v) is 12.2. The van der Waals surface area contributed by atoms with Gasteiger partial charge in [0.15, 0.2) is 0 Å². The molecule has 1 aromatic rings. The van der Waals surface area contributed by atoms with E-state index in [1.165, 1.54) is 0 Å². The molecule has 0 saturated carbocycles. The van der Waals surface area contributed by atoms with Crippen LogP contribution >= 0.6 is 0 Å². The third kappa shape index (κ3) is 4.87. The molecule has 0 radical (unpaired) electrons. The summed E-state index contributed by atoms with van der Waals surface area (Å²) in [6.07, 6.45) is 3.28. The summed E-state index contributed by atoms with van der Waals surface area (Å²) in [7, 11) is 2.05. The number of pyridine rings is 1. The molecule has 5 nitrogen and oxygen atoms in total. The Bertz CT molecular complexity index is 406. The number of nitrogens with one attached hydrogen (secondary N) is 2. The van der Waals surface area contributed by atoms with Gasteiger partial charge in [-0.1, -0.05) is 0 Å². The number of carbonyl (C=O) groups is 1. The van der Waals surface area contributed by atoms with Gasteiger partial charge in [0.2, 0.25) is 0 Å². The zero-order valence-electron chi connectivity index (χ0n) is 12.2. The van der Waals surface area contributed by atoms with Crippen LogP contribution < -0.4 is 10.6 Å². The molecule has 1 aromatic heterocycles. The number of aromatic nitrogens is 1. The van der Waals surface area contributed by atoms with Crippen molar-refractivity contribution in [3.05, 3.63) is 24.0 Å². The smallest absolute Gasteiger partial charge is 0.254 e. The van der Waals surface area contributed by atoms with Gasteiger partial charge in [0.1, 0.15) is 0 Å². The van der Waals surface area contributed by atoms with Crippen LogP contribution in [0.4, 0.5) is 5.69 Å². The Morgan fingerprint density at radius 1 is 1.47 bits per heavy atom. The van der Waals surface area contributed by atoms with Crippen molar-refractivity contribution < 1.29 is 4.79 Å². The van der Waals surface area contributed by atoms with E-state index in [0.717, 1.165) is 18.8 Å². The molecular formula is C14H24N4O. The lowest BCUT2D eigenvalue weighted by atomic mass is 10.2. The summed E-state index contributed by atoms with van der Waals surface area (Å²) in [4.78, 5) is 18.3. The summed E-state index contributed by atoms with van der Waals surface area (Å²) in [5.74, 6) is -0.0822. The fourth-order valence-electron chi connectivity index (χ4n) is 1.62. The van der Waals surface area contributed by atoms with Crippen LogP contribution in [0.5, 0.6) is 0 Å². The number of rotatable bonds is 7. The third-order valence-corrected chi connectivity index (χ3v) is 3.06. The summed E-state index contributed by atoms with van der Waals surface area (Å²) in [6, 6.07) is 2.30. The lowest BCUT2D eigenvalue weighted by Crippen LogP contribution is -2.36. The molecule has 0 atom stereocenters. The molecule has 0 unspecified atom stereocenters. The Balaban J connectivity index is 2.54. The number of anilines is 1. The Morgan fingerprint density at radius 2 is 2.21 bits per heavy atom. The maximum atomic E-state index is 12.1. The molecule has 1 rings (SSSR count). The quantitative estimate of drug-likeness (QED) is 0.785. The molecular weight excluding hydrogens is 240 g/mol. The highest BCUT2D eigenvalue weighted by atomic mass is 16.1. The SMILES string of the molecule is CCNc1ccncc1C(=O)NCCN(C)C(C)C. The molecule has 0 fully saturated rings. The lowest BCUT2D eigenvalue weighted by Gasteiger charge is -2.21. The number of carbonyl (C=O) groups excluding carboxylic acids is 1. The van der Waals surface area contributed by atoms with Gasteiger partial charge in [0.25, 0.3) is 5.91 Å². The van der Waals surface area contributed by atoms with E-state index in [1.54, 1.807) is 12.4 Å². The summed E-state index contributed by atoms with van der Waals surface area (Å²) < 4.78 is 0. The number of nitrogens with zero attached hydrogens (tertiary/aromatic N) is 2. The van der Waals surface area contributed by atoms with Gasteiger partial charge >= 0.3 is 0 Å². The fraction of sp³-hybridized carbons (Fsp3) is 0.571. The van der Waals surface area contributed by atoms with Gasteiger partial charge in [-0.05, 0) is 33.9 Å². The van der Waals surface area contributed by atoms with Gasteiger partial charge in [-0.3, -0.25) is 9.78 Å². The molecule has 0 aromatic carbocycles. The van der Waals surface area contributed by atoms with Gasteiger partial charge in [-0.15, -0.1) is 0 Å². The van der Waals surface area contributed by atoms with Crippen LogP contribution in [-0.2, 0) is 0 Å². The maximum Gasteiger partial charge on any atom is 0.254 e. The first-order valence-electron chi connectivity index (χ1n) is 6.72. The predicted octanol–water partition coefficient (Wildman–Crippen LogP) is 1.58. The highest BCUT2D eigenvalue weighted by Gasteiger charge is 2.11. The monoisotopic (exact) mass is 264 g/mol. The second kappa shape index (κ2) is 7.74. The molecule has 2 N–H and O–H groups in total. The van der Waals surface area contributed by atoms with E-state index in [1.807, 2.05) is 20.0 Å². The molecule has 0 aliphatic carbocycles. The Morgan fingerprint density at radius 3 is 2.84 bits per heavy atom. The average molecular weight is 264 g/mol. The lowest BCUT2D eigenvalue weighted by molar-refractivity contribution is 0.0948. The Hall–Kier alpha value is -1.62. The first-order chi connectivity index (χ1) is 9.06. The summed E-state index contributed by atoms with van der Waals surface area (Å²) in [6.45, 7) is 8.51. The van der Waals surface area contributed by atoms with E-state index in [-0.39, 0.29) is 5.91 Å². The Kier molecular flexibility index (Phi) is 6.29. The highest BCUT2D eigenvalue weighted by molar-refractivity contribution is 5.99. The van der Waals surface area contributed by atoms with Crippen LogP contribution in [-0.4, -0.2) is 48.5 Å². The van der Waals surface area contributed by atoms with E-state index in [2.05, 4.69) is 34.4 Å². The van der Waals surface area contributed by atoms with Gasteiger partial charge in [-0.2, -0.15) is 0 Å². The standard InChI is InChI=1S/C14H24N4O/c1-5-16-13-6-7-15-10-12(13)14(19)17-8-9-18(4)11(2)3/h6-7,10-11H,5,8-9H2,1-4H3,(H,15,16)(H,17,19). The number of hydrogen-bond acceptors (Lipinski definition) is 4. The minimum atomic E-state index is -0.0822. The molecule has 0 aliphatic heterocycles. The predicted molar refractivity (Wildman–Crippen MR) is 78.5 cm³/mol. The maximum absolute atomic E-state index is 12.1. The molecule has 0 saturated heterocycles. The van der Waals surface area contributed by atoms with E-state index in [0.29, 0.717) is 18.2 Å². The number of amides is 1. The van der Waals surface area contributed by atoms with Crippen molar-refractivity contribution in [3.8, 4) is 0 Å². The van der Waals surface area contributed by atoms with Crippen molar-refractivity contribution >= 4 is 11.6 Å². The van der Waals surface area contributed by atoms with Crippen LogP contribution in [0, 0.1) is 0 Å². The van der Waals surface area contributed by atoms with Gasteiger partial charge < -0.3 is 15.5 Å². The highest BCUT2D eigenvalue weighted by Crippen LogP contribution is 2.12. The van der Waals surface area contributed by atoms with Gasteiger partial charge in [-0.25, -0.2) is 0 Å². The van der Waals surface area contributed by atoms with Crippen molar-refractivity contribution in [2.24, 2.45) is 0 Å². The third-order valence-electron chi connectivity index (χ3n) is 3.06. The number of likely N-dealkylation sites (N-methyl/N-ethyl adjacent to an activating group) is 1. The van der Waals surface area contributed by atoms with E-state index < -0.39 is 0 Å². The topological polar surface area (TPSA) is 57.3 Å². The fourth-order valence-corrected chi connectivity index (χ4v) is 1.62. The first-order valence-corrected chi connectivity index (χ1v) is 6.72. The van der Waals surface area contributed by atoms with Crippen molar-refractivity contribution in [3.63, 3.8) is 0 Å². The summed E-state index contributed by atoms with van der Waals surface area (Å²) in [5, 5.41) is 6.09. The van der Waals surface area contributed by atoms with Crippen LogP contribution in [0.2, 0.25) is 0 Å². The van der Waals surface area contributed by atoms with Gasteiger partial charge in [0.05, 0.1) is 11.3 Å². The van der Waals surface area contributed by atoms with Crippen molar-refractivity contribution in [1.82, 2.24) is 15.2 Å². The number of hydrogen-bond donors (Lipinski definition) is 2. The Labute approximate surface area is 115 Å². The molecule has 1 heterocycles. The molecule has 1 amide bonds. The molecule has 0 aliphatic rings. The van der Waals surface area contributed by atoms with Crippen LogP contribution in [0.3, 0.4) is 0 Å². The molecule has 0 bridgehead atoms. The normalized spacial score (nSPS) is 10.8. The minimum Gasteiger partial charge on any atom is -0.385 e. The van der Waals surface area contributed by atoms with Crippen molar-refractivity contribution in [2.45, 2.75) is 26.8 Å². The van der Waals surface area contributed by atoms with E-state index in [9.17, 15) is 4.79 Å². The van der Waals surface area contributed by atoms with Crippen molar-refractivity contribution in [2.75, 3.05) is 32.0 Å². The molecule has 106 valence electrons. The first kappa shape index (κ1) is 15.4. The summed E-state index contributed by atoms with van der Waals surface area (Å²) >= 11 is 0. The minimum absolute atomic E-state index is 0.0822. The van der Waals surface area contributed by atoms with Crippen LogP contribution in [0.25, 0.3) is 0 Å². The van der Waals surface area contributed by atoms with E-state index >= 15 is 0 Å². The van der Waals surface area contributed by atoms with Gasteiger partial charge in [0, 0.05) is 38.1 Å². The molecule has 0 spiro atoms. The second-order valence-electron chi connectivity index (χ2n) is 4.78.